The quantitative estimate of drug-likeness (QED) is 0.260. The largest absolute Gasteiger partial charge is 0.497 e. The summed E-state index contributed by atoms with van der Waals surface area (Å²) in [7, 11) is -2.64. The molecule has 3 aromatic carbocycles. The lowest BCUT2D eigenvalue weighted by Gasteiger charge is -2.34. The zero-order chi connectivity index (χ0) is 31.0. The number of carbonyl (C=O) groups excluding carboxylic acids is 2. The average molecular weight is 614 g/mol. The molecule has 2 atom stereocenters. The molecule has 0 aliphatic carbocycles. The topological polar surface area (TPSA) is 96.0 Å². The molecule has 0 saturated heterocycles. The number of benzene rings is 3. The molecular weight excluding hydrogens is 574 g/mol. The summed E-state index contributed by atoms with van der Waals surface area (Å²) in [4.78, 5) is 29.2. The van der Waals surface area contributed by atoms with E-state index in [1.54, 1.807) is 62.6 Å². The van der Waals surface area contributed by atoms with Crippen molar-refractivity contribution < 1.29 is 22.7 Å². The lowest BCUT2D eigenvalue weighted by molar-refractivity contribution is -0.140. The van der Waals surface area contributed by atoms with E-state index in [0.29, 0.717) is 22.8 Å². The van der Waals surface area contributed by atoms with Crippen molar-refractivity contribution in [2.45, 2.75) is 71.0 Å². The number of nitrogens with one attached hydrogen (secondary N) is 1. The van der Waals surface area contributed by atoms with E-state index in [2.05, 4.69) is 5.32 Å². The van der Waals surface area contributed by atoms with E-state index >= 15 is 0 Å². The Morgan fingerprint density at radius 2 is 1.64 bits per heavy atom. The maximum atomic E-state index is 14.2. The van der Waals surface area contributed by atoms with Crippen LogP contribution in [0.3, 0.4) is 0 Å². The lowest BCUT2D eigenvalue weighted by Crippen LogP contribution is -2.53. The van der Waals surface area contributed by atoms with Crippen LogP contribution in [-0.4, -0.2) is 50.9 Å². The second-order valence-corrected chi connectivity index (χ2v) is 12.6. The van der Waals surface area contributed by atoms with Gasteiger partial charge in [-0.25, -0.2) is 8.42 Å². The fourth-order valence-electron chi connectivity index (χ4n) is 4.55. The van der Waals surface area contributed by atoms with Gasteiger partial charge >= 0.3 is 0 Å². The van der Waals surface area contributed by atoms with E-state index in [0.717, 1.165) is 21.9 Å². The third kappa shape index (κ3) is 7.83. The molecular formula is C32H40ClN3O5S. The van der Waals surface area contributed by atoms with E-state index in [-0.39, 0.29) is 29.1 Å². The van der Waals surface area contributed by atoms with Crippen molar-refractivity contribution >= 4 is 39.1 Å². The first-order valence-electron chi connectivity index (χ1n) is 14.0. The van der Waals surface area contributed by atoms with Gasteiger partial charge in [-0.3, -0.25) is 13.9 Å². The predicted octanol–water partition coefficient (Wildman–Crippen LogP) is 5.88. The molecule has 0 bridgehead atoms. The standard InChI is InChI=1S/C32H40ClN3O5S/c1-7-23(4)34-32(38)29(8-2)35(20-25-11-9-12-26(19-25)41-6)31(37)21-36(30-14-10-13-28(33)24(30)5)42(39,40)27-17-15-22(3)16-18-27/h9-19,23,29H,7-8,20-21H2,1-6H3,(H,34,38)/t23-,29-/m0/s1. The van der Waals surface area contributed by atoms with Crippen molar-refractivity contribution in [3.8, 4) is 5.75 Å². The van der Waals surface area contributed by atoms with Crippen LogP contribution in [0.2, 0.25) is 5.02 Å². The summed E-state index contributed by atoms with van der Waals surface area (Å²) in [5.74, 6) is -0.218. The van der Waals surface area contributed by atoms with Gasteiger partial charge < -0.3 is 15.0 Å². The Bertz CT molecular complexity index is 1490. The first-order valence-corrected chi connectivity index (χ1v) is 15.8. The minimum atomic E-state index is -4.19. The number of ether oxygens (including phenoxy) is 1. The Morgan fingerprint density at radius 3 is 2.26 bits per heavy atom. The summed E-state index contributed by atoms with van der Waals surface area (Å²) in [6.45, 7) is 8.81. The number of aryl methyl sites for hydroxylation is 1. The number of hydrogen-bond donors (Lipinski definition) is 1. The molecule has 0 unspecified atom stereocenters. The van der Waals surface area contributed by atoms with Crippen LogP contribution in [0.5, 0.6) is 5.75 Å². The monoisotopic (exact) mass is 613 g/mol. The zero-order valence-electron chi connectivity index (χ0n) is 25.1. The summed E-state index contributed by atoms with van der Waals surface area (Å²) >= 11 is 6.40. The van der Waals surface area contributed by atoms with Crippen molar-refractivity contribution in [2.75, 3.05) is 18.0 Å². The van der Waals surface area contributed by atoms with Crippen molar-refractivity contribution in [1.29, 1.82) is 0 Å². The highest BCUT2D eigenvalue weighted by Crippen LogP contribution is 2.31. The van der Waals surface area contributed by atoms with Crippen molar-refractivity contribution in [3.05, 3.63) is 88.4 Å². The SMILES string of the molecule is CC[C@H](C)NC(=O)[C@H](CC)N(Cc1cccc(OC)c1)C(=O)CN(c1cccc(Cl)c1C)S(=O)(=O)c1ccc(C)cc1. The number of halogens is 1. The van der Waals surface area contributed by atoms with Crippen LogP contribution < -0.4 is 14.4 Å². The van der Waals surface area contributed by atoms with Gasteiger partial charge in [-0.2, -0.15) is 0 Å². The maximum absolute atomic E-state index is 14.2. The van der Waals surface area contributed by atoms with Gasteiger partial charge in [-0.1, -0.05) is 61.3 Å². The number of methoxy groups -OCH3 is 1. The molecule has 0 radical (unpaired) electrons. The molecule has 0 aromatic heterocycles. The Labute approximate surface area is 254 Å². The van der Waals surface area contributed by atoms with Gasteiger partial charge in [-0.05, 0) is 81.1 Å². The lowest BCUT2D eigenvalue weighted by atomic mass is 10.1. The first-order chi connectivity index (χ1) is 19.9. The fourth-order valence-corrected chi connectivity index (χ4v) is 6.19. The predicted molar refractivity (Wildman–Crippen MR) is 167 cm³/mol. The Kier molecular flexibility index (Phi) is 11.4. The zero-order valence-corrected chi connectivity index (χ0v) is 26.6. The van der Waals surface area contributed by atoms with Gasteiger partial charge in [0.1, 0.15) is 18.3 Å². The summed E-state index contributed by atoms with van der Waals surface area (Å²) in [6.07, 6.45) is 1.06. The van der Waals surface area contributed by atoms with Crippen LogP contribution in [0, 0.1) is 13.8 Å². The molecule has 3 rings (SSSR count). The average Bonchev–Trinajstić information content (AvgIpc) is 2.97. The van der Waals surface area contributed by atoms with Crippen LogP contribution >= 0.6 is 11.6 Å². The van der Waals surface area contributed by atoms with Crippen LogP contribution in [0.15, 0.2) is 71.6 Å². The molecule has 10 heteroatoms. The molecule has 226 valence electrons. The number of rotatable bonds is 13. The van der Waals surface area contributed by atoms with Crippen LogP contribution in [-0.2, 0) is 26.2 Å². The van der Waals surface area contributed by atoms with E-state index in [1.807, 2.05) is 33.8 Å². The highest BCUT2D eigenvalue weighted by molar-refractivity contribution is 7.92. The molecule has 3 aromatic rings. The Hall–Kier alpha value is -3.56. The molecule has 0 spiro atoms. The molecule has 0 heterocycles. The highest BCUT2D eigenvalue weighted by Gasteiger charge is 2.34. The second-order valence-electron chi connectivity index (χ2n) is 10.3. The van der Waals surface area contributed by atoms with Gasteiger partial charge in [0.05, 0.1) is 17.7 Å². The fraction of sp³-hybridized carbons (Fsp3) is 0.375. The first kappa shape index (κ1) is 32.9. The van der Waals surface area contributed by atoms with E-state index < -0.39 is 28.5 Å². The molecule has 0 aliphatic heterocycles. The minimum Gasteiger partial charge on any atom is -0.497 e. The molecule has 42 heavy (non-hydrogen) atoms. The number of hydrogen-bond acceptors (Lipinski definition) is 5. The summed E-state index contributed by atoms with van der Waals surface area (Å²) < 4.78 is 34.6. The molecule has 0 saturated carbocycles. The van der Waals surface area contributed by atoms with Gasteiger partial charge in [0.2, 0.25) is 11.8 Å². The van der Waals surface area contributed by atoms with E-state index in [4.69, 9.17) is 16.3 Å². The van der Waals surface area contributed by atoms with Crippen molar-refractivity contribution in [1.82, 2.24) is 10.2 Å². The molecule has 1 N–H and O–H groups in total. The Morgan fingerprint density at radius 1 is 0.976 bits per heavy atom. The molecule has 0 aliphatic rings. The molecule has 8 nitrogen and oxygen atoms in total. The number of sulfonamides is 1. The molecule has 2 amide bonds. The third-order valence-corrected chi connectivity index (χ3v) is 9.45. The van der Waals surface area contributed by atoms with Gasteiger partial charge in [0.15, 0.2) is 0 Å². The van der Waals surface area contributed by atoms with Gasteiger partial charge in [0, 0.05) is 17.6 Å². The second kappa shape index (κ2) is 14.6. The summed E-state index contributed by atoms with van der Waals surface area (Å²) in [5.41, 5.74) is 2.45. The van der Waals surface area contributed by atoms with Crippen LogP contribution in [0.25, 0.3) is 0 Å². The number of nitrogens with zero attached hydrogens (tertiary/aromatic N) is 2. The summed E-state index contributed by atoms with van der Waals surface area (Å²) in [6, 6.07) is 17.7. The number of anilines is 1. The highest BCUT2D eigenvalue weighted by atomic mass is 35.5. The van der Waals surface area contributed by atoms with Crippen LogP contribution in [0.4, 0.5) is 5.69 Å². The smallest absolute Gasteiger partial charge is 0.264 e. The molecule has 0 fully saturated rings. The number of amides is 2. The van der Waals surface area contributed by atoms with Crippen molar-refractivity contribution in [2.24, 2.45) is 0 Å². The van der Waals surface area contributed by atoms with E-state index in [9.17, 15) is 18.0 Å². The van der Waals surface area contributed by atoms with E-state index in [1.165, 1.54) is 17.0 Å². The van der Waals surface area contributed by atoms with Crippen LogP contribution in [0.1, 0.15) is 50.3 Å². The maximum Gasteiger partial charge on any atom is 0.264 e. The normalized spacial score (nSPS) is 12.7. The number of carbonyl (C=O) groups is 2. The summed E-state index contributed by atoms with van der Waals surface area (Å²) in [5, 5.41) is 3.35. The van der Waals surface area contributed by atoms with Gasteiger partial charge in [-0.15, -0.1) is 0 Å². The third-order valence-electron chi connectivity index (χ3n) is 7.27. The van der Waals surface area contributed by atoms with Crippen molar-refractivity contribution in [3.63, 3.8) is 0 Å². The Balaban J connectivity index is 2.11. The van der Waals surface area contributed by atoms with Gasteiger partial charge in [0.25, 0.3) is 10.0 Å². The minimum absolute atomic E-state index is 0.0428.